The third-order valence-corrected chi connectivity index (χ3v) is 3.53. The van der Waals surface area contributed by atoms with E-state index in [1.165, 1.54) is 17.0 Å². The molecule has 108 valence electrons. The van der Waals surface area contributed by atoms with E-state index < -0.39 is 12.4 Å². The van der Waals surface area contributed by atoms with Gasteiger partial charge < -0.3 is 14.9 Å². The number of carbonyl (C=O) groups is 2. The van der Waals surface area contributed by atoms with Crippen LogP contribution in [0.1, 0.15) is 10.4 Å². The molecule has 1 N–H and O–H groups in total. The van der Waals surface area contributed by atoms with Crippen LogP contribution in [0.5, 0.6) is 0 Å². The first-order valence-corrected chi connectivity index (χ1v) is 6.53. The number of benzene rings is 1. The molecule has 2 rings (SSSR count). The highest BCUT2D eigenvalue weighted by Gasteiger charge is 2.25. The number of aliphatic hydroxyl groups is 1. The van der Waals surface area contributed by atoms with E-state index >= 15 is 0 Å². The first-order chi connectivity index (χ1) is 9.52. The van der Waals surface area contributed by atoms with Gasteiger partial charge in [0.2, 0.25) is 5.91 Å². The minimum Gasteiger partial charge on any atom is -0.387 e. The molecule has 2 amide bonds. The summed E-state index contributed by atoms with van der Waals surface area (Å²) in [5.74, 6) is -1.13. The fourth-order valence-electron chi connectivity index (χ4n) is 2.09. The lowest BCUT2D eigenvalue weighted by Gasteiger charge is -2.34. The molecule has 0 aliphatic carbocycles. The second kappa shape index (κ2) is 6.19. The van der Waals surface area contributed by atoms with E-state index in [0.717, 1.165) is 6.07 Å². The van der Waals surface area contributed by atoms with E-state index in [2.05, 4.69) is 0 Å². The molecular formula is C13H14ClFN2O3. The smallest absolute Gasteiger partial charge is 0.255 e. The van der Waals surface area contributed by atoms with Gasteiger partial charge in [-0.25, -0.2) is 4.39 Å². The predicted molar refractivity (Wildman–Crippen MR) is 71.0 cm³/mol. The normalized spacial score (nSPS) is 15.3. The summed E-state index contributed by atoms with van der Waals surface area (Å²) in [5, 5.41) is 8.85. The molecule has 0 aromatic heterocycles. The highest BCUT2D eigenvalue weighted by atomic mass is 35.5. The van der Waals surface area contributed by atoms with Gasteiger partial charge >= 0.3 is 0 Å². The van der Waals surface area contributed by atoms with Crippen molar-refractivity contribution in [3.05, 3.63) is 34.6 Å². The van der Waals surface area contributed by atoms with Crippen LogP contribution in [0, 0.1) is 5.82 Å². The Morgan fingerprint density at radius 1 is 1.20 bits per heavy atom. The fraction of sp³-hybridized carbons (Fsp3) is 0.385. The Labute approximate surface area is 120 Å². The number of carbonyl (C=O) groups excluding carboxylic acids is 2. The summed E-state index contributed by atoms with van der Waals surface area (Å²) < 4.78 is 13.0. The van der Waals surface area contributed by atoms with Crippen molar-refractivity contribution in [2.24, 2.45) is 0 Å². The first-order valence-electron chi connectivity index (χ1n) is 6.16. The lowest BCUT2D eigenvalue weighted by Crippen LogP contribution is -2.51. The third kappa shape index (κ3) is 3.08. The number of hydrogen-bond acceptors (Lipinski definition) is 3. The van der Waals surface area contributed by atoms with Crippen molar-refractivity contribution in [1.82, 2.24) is 9.80 Å². The molecule has 1 saturated heterocycles. The van der Waals surface area contributed by atoms with Gasteiger partial charge in [-0.15, -0.1) is 0 Å². The summed E-state index contributed by atoms with van der Waals surface area (Å²) in [6.45, 7) is 0.919. The zero-order valence-electron chi connectivity index (χ0n) is 10.7. The largest absolute Gasteiger partial charge is 0.387 e. The van der Waals surface area contributed by atoms with Gasteiger partial charge in [-0.2, -0.15) is 0 Å². The number of rotatable bonds is 2. The third-order valence-electron chi connectivity index (χ3n) is 3.22. The van der Waals surface area contributed by atoms with Crippen LogP contribution >= 0.6 is 11.6 Å². The molecule has 1 aliphatic rings. The average molecular weight is 301 g/mol. The Morgan fingerprint density at radius 3 is 2.35 bits per heavy atom. The number of halogens is 2. The lowest BCUT2D eigenvalue weighted by molar-refractivity contribution is -0.135. The zero-order valence-corrected chi connectivity index (χ0v) is 11.4. The molecule has 0 radical (unpaired) electrons. The van der Waals surface area contributed by atoms with Crippen molar-refractivity contribution in [2.45, 2.75) is 0 Å². The summed E-state index contributed by atoms with van der Waals surface area (Å²) in [5.41, 5.74) is 0.245. The number of hydrogen-bond donors (Lipinski definition) is 1. The fourth-order valence-corrected chi connectivity index (χ4v) is 2.34. The van der Waals surface area contributed by atoms with E-state index in [0.29, 0.717) is 26.2 Å². The van der Waals surface area contributed by atoms with E-state index in [1.54, 1.807) is 4.90 Å². The monoisotopic (exact) mass is 300 g/mol. The van der Waals surface area contributed by atoms with Crippen LogP contribution in [0.15, 0.2) is 18.2 Å². The molecule has 1 fully saturated rings. The topological polar surface area (TPSA) is 60.9 Å². The molecule has 1 aromatic rings. The summed E-state index contributed by atoms with van der Waals surface area (Å²) in [4.78, 5) is 26.6. The molecule has 0 spiro atoms. The maximum atomic E-state index is 13.0. The Bertz CT molecular complexity index is 530. The Hall–Kier alpha value is -1.66. The van der Waals surface area contributed by atoms with E-state index in [9.17, 15) is 14.0 Å². The minimum atomic E-state index is -0.530. The van der Waals surface area contributed by atoms with Crippen LogP contribution in [0.3, 0.4) is 0 Å². The van der Waals surface area contributed by atoms with Crippen molar-refractivity contribution in [1.29, 1.82) is 0 Å². The first kappa shape index (κ1) is 14.7. The molecule has 0 unspecified atom stereocenters. The standard InChI is InChI=1S/C13H14ClFN2O3/c14-11-7-9(15)1-2-10(11)13(20)17-5-3-16(4-6-17)12(19)8-18/h1-2,7,18H,3-6,8H2. The van der Waals surface area contributed by atoms with Gasteiger partial charge in [0.05, 0.1) is 10.6 Å². The van der Waals surface area contributed by atoms with Gasteiger partial charge in [-0.1, -0.05) is 11.6 Å². The van der Waals surface area contributed by atoms with Crippen LogP contribution in [0.4, 0.5) is 4.39 Å². The van der Waals surface area contributed by atoms with E-state index in [-0.39, 0.29) is 22.4 Å². The summed E-state index contributed by atoms with van der Waals surface area (Å²) in [6, 6.07) is 3.64. The Balaban J connectivity index is 2.03. The van der Waals surface area contributed by atoms with Crippen molar-refractivity contribution in [3.63, 3.8) is 0 Å². The summed E-state index contributed by atoms with van der Waals surface area (Å²) in [6.07, 6.45) is 0. The molecule has 7 heteroatoms. The number of amides is 2. The molecule has 5 nitrogen and oxygen atoms in total. The van der Waals surface area contributed by atoms with Gasteiger partial charge in [0.25, 0.3) is 5.91 Å². The molecule has 1 heterocycles. The van der Waals surface area contributed by atoms with Crippen molar-refractivity contribution in [2.75, 3.05) is 32.8 Å². The Kier molecular flexibility index (Phi) is 4.57. The van der Waals surface area contributed by atoms with Gasteiger partial charge in [0.15, 0.2) is 0 Å². The predicted octanol–water partition coefficient (Wildman–Crippen LogP) is 0.756. The SMILES string of the molecule is O=C(CO)N1CCN(C(=O)c2ccc(F)cc2Cl)CC1. The number of piperazine rings is 1. The zero-order chi connectivity index (χ0) is 14.7. The average Bonchev–Trinajstić information content (AvgIpc) is 2.46. The highest BCUT2D eigenvalue weighted by Crippen LogP contribution is 2.19. The van der Waals surface area contributed by atoms with Crippen LogP contribution in [-0.2, 0) is 4.79 Å². The molecule has 20 heavy (non-hydrogen) atoms. The van der Waals surface area contributed by atoms with Gasteiger partial charge in [-0.05, 0) is 18.2 Å². The molecule has 0 bridgehead atoms. The molecule has 1 aliphatic heterocycles. The summed E-state index contributed by atoms with van der Waals surface area (Å²) in [7, 11) is 0. The maximum absolute atomic E-state index is 13.0. The van der Waals surface area contributed by atoms with Crippen molar-refractivity contribution in [3.8, 4) is 0 Å². The summed E-state index contributed by atoms with van der Waals surface area (Å²) >= 11 is 5.86. The van der Waals surface area contributed by atoms with Gasteiger partial charge in [-0.3, -0.25) is 9.59 Å². The molecule has 1 aromatic carbocycles. The van der Waals surface area contributed by atoms with Crippen molar-refractivity contribution < 1.29 is 19.1 Å². The minimum absolute atomic E-state index is 0.0730. The van der Waals surface area contributed by atoms with E-state index in [4.69, 9.17) is 16.7 Å². The van der Waals surface area contributed by atoms with E-state index in [1.807, 2.05) is 0 Å². The van der Waals surface area contributed by atoms with Gasteiger partial charge in [0, 0.05) is 26.2 Å². The maximum Gasteiger partial charge on any atom is 0.255 e. The van der Waals surface area contributed by atoms with Crippen LogP contribution < -0.4 is 0 Å². The molecule has 0 saturated carbocycles. The van der Waals surface area contributed by atoms with Crippen LogP contribution in [0.2, 0.25) is 5.02 Å². The van der Waals surface area contributed by atoms with Gasteiger partial charge in [0.1, 0.15) is 12.4 Å². The highest BCUT2D eigenvalue weighted by molar-refractivity contribution is 6.33. The second-order valence-corrected chi connectivity index (χ2v) is 4.86. The lowest BCUT2D eigenvalue weighted by atomic mass is 10.1. The molecule has 0 atom stereocenters. The van der Waals surface area contributed by atoms with Crippen LogP contribution in [-0.4, -0.2) is 59.5 Å². The molecular weight excluding hydrogens is 287 g/mol. The quantitative estimate of drug-likeness (QED) is 0.877. The number of nitrogens with zero attached hydrogens (tertiary/aromatic N) is 2. The van der Waals surface area contributed by atoms with Crippen molar-refractivity contribution >= 4 is 23.4 Å². The van der Waals surface area contributed by atoms with Crippen LogP contribution in [0.25, 0.3) is 0 Å². The second-order valence-electron chi connectivity index (χ2n) is 4.46. The Morgan fingerprint density at radius 2 is 1.80 bits per heavy atom. The number of aliphatic hydroxyl groups excluding tert-OH is 1.